The highest BCUT2D eigenvalue weighted by Crippen LogP contribution is 2.25. The van der Waals surface area contributed by atoms with Gasteiger partial charge in [0.2, 0.25) is 11.8 Å². The van der Waals surface area contributed by atoms with Crippen molar-refractivity contribution < 1.29 is 9.59 Å². The zero-order valence-electron chi connectivity index (χ0n) is 17.2. The summed E-state index contributed by atoms with van der Waals surface area (Å²) in [4.78, 5) is 32.1. The van der Waals surface area contributed by atoms with E-state index in [1.807, 2.05) is 79.7 Å². The lowest BCUT2D eigenvalue weighted by Crippen LogP contribution is -2.43. The first-order valence-electron chi connectivity index (χ1n) is 10.2. The van der Waals surface area contributed by atoms with Gasteiger partial charge in [-0.25, -0.2) is 0 Å². The molecule has 1 aromatic heterocycles. The lowest BCUT2D eigenvalue weighted by molar-refractivity contribution is -0.141. The van der Waals surface area contributed by atoms with Crippen LogP contribution in [0.3, 0.4) is 0 Å². The largest absolute Gasteiger partial charge is 0.350 e. The smallest absolute Gasteiger partial charge is 0.247 e. The fraction of sp³-hybridized carbons (Fsp3) is 0.240. The predicted molar refractivity (Wildman–Crippen MR) is 117 cm³/mol. The molecular formula is C25H27N3O2. The minimum absolute atomic E-state index is 0.0331. The van der Waals surface area contributed by atoms with Gasteiger partial charge < -0.3 is 10.2 Å². The molecule has 1 N–H and O–H groups in total. The van der Waals surface area contributed by atoms with E-state index in [0.717, 1.165) is 23.1 Å². The Morgan fingerprint density at radius 3 is 2.17 bits per heavy atom. The third-order valence-corrected chi connectivity index (χ3v) is 4.87. The molecule has 1 unspecified atom stereocenters. The number of rotatable bonds is 9. The van der Waals surface area contributed by atoms with Gasteiger partial charge in [-0.1, -0.05) is 67.6 Å². The fourth-order valence-corrected chi connectivity index (χ4v) is 3.36. The minimum Gasteiger partial charge on any atom is -0.350 e. The second-order valence-electron chi connectivity index (χ2n) is 7.14. The quantitative estimate of drug-likeness (QED) is 0.582. The molecule has 1 atom stereocenters. The van der Waals surface area contributed by atoms with Crippen LogP contribution in [0.1, 0.15) is 42.5 Å². The predicted octanol–water partition coefficient (Wildman–Crippen LogP) is 4.27. The molecule has 3 aromatic rings. The van der Waals surface area contributed by atoms with Gasteiger partial charge in [0.05, 0.1) is 0 Å². The van der Waals surface area contributed by atoms with Gasteiger partial charge in [-0.2, -0.15) is 0 Å². The van der Waals surface area contributed by atoms with Crippen LogP contribution < -0.4 is 5.32 Å². The average Bonchev–Trinajstić information content (AvgIpc) is 2.79. The standard InChI is InChI=1S/C25H27N3O2/c1-2-9-23(29)28(19-21-10-5-3-6-11-21)24(22-12-7-4-8-13-22)25(30)27-18-20-14-16-26-17-15-20/h3-8,10-17,24H,2,9,18-19H2,1H3,(H,27,30). The number of pyridine rings is 1. The van der Waals surface area contributed by atoms with Crippen LogP contribution in [0.15, 0.2) is 85.2 Å². The molecule has 3 rings (SSSR count). The van der Waals surface area contributed by atoms with Gasteiger partial charge in [-0.3, -0.25) is 14.6 Å². The van der Waals surface area contributed by atoms with Crippen LogP contribution in [0.25, 0.3) is 0 Å². The Hall–Kier alpha value is -3.47. The van der Waals surface area contributed by atoms with E-state index in [1.165, 1.54) is 0 Å². The first-order valence-corrected chi connectivity index (χ1v) is 10.2. The van der Waals surface area contributed by atoms with Crippen molar-refractivity contribution in [1.82, 2.24) is 15.2 Å². The number of carbonyl (C=O) groups excluding carboxylic acids is 2. The Kier molecular flexibility index (Phi) is 7.72. The number of nitrogens with zero attached hydrogens (tertiary/aromatic N) is 2. The summed E-state index contributed by atoms with van der Waals surface area (Å²) in [5.41, 5.74) is 2.74. The number of hydrogen-bond acceptors (Lipinski definition) is 3. The normalized spacial score (nSPS) is 11.5. The summed E-state index contributed by atoms with van der Waals surface area (Å²) in [6, 6.07) is 22.3. The second kappa shape index (κ2) is 10.9. The molecule has 0 radical (unpaired) electrons. The molecule has 0 spiro atoms. The van der Waals surface area contributed by atoms with Gasteiger partial charge in [0.1, 0.15) is 6.04 Å². The summed E-state index contributed by atoms with van der Waals surface area (Å²) in [6.45, 7) is 2.73. The van der Waals surface area contributed by atoms with Crippen molar-refractivity contribution in [3.63, 3.8) is 0 Å². The second-order valence-corrected chi connectivity index (χ2v) is 7.14. The van der Waals surface area contributed by atoms with E-state index in [4.69, 9.17) is 0 Å². The molecule has 0 fully saturated rings. The summed E-state index contributed by atoms with van der Waals surface area (Å²) < 4.78 is 0. The minimum atomic E-state index is -0.702. The maximum Gasteiger partial charge on any atom is 0.247 e. The highest BCUT2D eigenvalue weighted by Gasteiger charge is 2.30. The Balaban J connectivity index is 1.90. The van der Waals surface area contributed by atoms with Crippen molar-refractivity contribution in [3.8, 4) is 0 Å². The molecule has 2 amide bonds. The van der Waals surface area contributed by atoms with Crippen molar-refractivity contribution in [2.45, 2.75) is 38.9 Å². The summed E-state index contributed by atoms with van der Waals surface area (Å²) in [5, 5.41) is 3.00. The first kappa shape index (κ1) is 21.2. The highest BCUT2D eigenvalue weighted by molar-refractivity contribution is 5.88. The van der Waals surface area contributed by atoms with Crippen molar-refractivity contribution in [3.05, 3.63) is 102 Å². The molecule has 0 aliphatic carbocycles. The Labute approximate surface area is 177 Å². The van der Waals surface area contributed by atoms with Crippen LogP contribution in [0.5, 0.6) is 0 Å². The molecular weight excluding hydrogens is 374 g/mol. The summed E-state index contributed by atoms with van der Waals surface area (Å²) in [6.07, 6.45) is 4.52. The molecule has 2 aromatic carbocycles. The first-order chi connectivity index (χ1) is 14.7. The van der Waals surface area contributed by atoms with E-state index in [2.05, 4.69) is 10.3 Å². The Morgan fingerprint density at radius 1 is 0.900 bits per heavy atom. The van der Waals surface area contributed by atoms with Crippen LogP contribution in [0, 0.1) is 0 Å². The van der Waals surface area contributed by atoms with E-state index in [1.54, 1.807) is 17.3 Å². The van der Waals surface area contributed by atoms with Crippen molar-refractivity contribution in [2.24, 2.45) is 0 Å². The molecule has 5 nitrogen and oxygen atoms in total. The third kappa shape index (κ3) is 5.77. The van der Waals surface area contributed by atoms with Gasteiger partial charge in [0.25, 0.3) is 0 Å². The van der Waals surface area contributed by atoms with Gasteiger partial charge in [-0.15, -0.1) is 0 Å². The van der Waals surface area contributed by atoms with E-state index < -0.39 is 6.04 Å². The van der Waals surface area contributed by atoms with E-state index >= 15 is 0 Å². The molecule has 0 aliphatic heterocycles. The molecule has 0 aliphatic rings. The molecule has 0 bridgehead atoms. The van der Waals surface area contributed by atoms with E-state index in [9.17, 15) is 9.59 Å². The molecule has 30 heavy (non-hydrogen) atoms. The fourth-order valence-electron chi connectivity index (χ4n) is 3.36. The van der Waals surface area contributed by atoms with Gasteiger partial charge in [-0.05, 0) is 35.2 Å². The molecule has 0 saturated heterocycles. The zero-order chi connectivity index (χ0) is 21.2. The number of aromatic nitrogens is 1. The van der Waals surface area contributed by atoms with E-state index in [-0.39, 0.29) is 11.8 Å². The number of carbonyl (C=O) groups is 2. The molecule has 0 saturated carbocycles. The highest BCUT2D eigenvalue weighted by atomic mass is 16.2. The third-order valence-electron chi connectivity index (χ3n) is 4.87. The zero-order valence-corrected chi connectivity index (χ0v) is 17.2. The molecule has 154 valence electrons. The van der Waals surface area contributed by atoms with Crippen LogP contribution in [0.4, 0.5) is 0 Å². The van der Waals surface area contributed by atoms with Gasteiger partial charge >= 0.3 is 0 Å². The van der Waals surface area contributed by atoms with Crippen LogP contribution in [-0.2, 0) is 22.7 Å². The number of amides is 2. The monoisotopic (exact) mass is 401 g/mol. The topological polar surface area (TPSA) is 62.3 Å². The maximum absolute atomic E-state index is 13.3. The van der Waals surface area contributed by atoms with Crippen LogP contribution >= 0.6 is 0 Å². The molecule has 5 heteroatoms. The summed E-state index contributed by atoms with van der Waals surface area (Å²) >= 11 is 0. The maximum atomic E-state index is 13.3. The summed E-state index contributed by atoms with van der Waals surface area (Å²) in [5.74, 6) is -0.229. The SMILES string of the molecule is CCCC(=O)N(Cc1ccccc1)C(C(=O)NCc1ccncc1)c1ccccc1. The van der Waals surface area contributed by atoms with Crippen LogP contribution in [0.2, 0.25) is 0 Å². The Morgan fingerprint density at radius 2 is 1.53 bits per heavy atom. The average molecular weight is 402 g/mol. The van der Waals surface area contributed by atoms with Crippen molar-refractivity contribution in [1.29, 1.82) is 0 Å². The van der Waals surface area contributed by atoms with Crippen molar-refractivity contribution >= 4 is 11.8 Å². The van der Waals surface area contributed by atoms with Gasteiger partial charge in [0.15, 0.2) is 0 Å². The number of hydrogen-bond donors (Lipinski definition) is 1. The molecule has 1 heterocycles. The Bertz CT molecular complexity index is 930. The lowest BCUT2D eigenvalue weighted by atomic mass is 10.0. The van der Waals surface area contributed by atoms with Crippen molar-refractivity contribution in [2.75, 3.05) is 0 Å². The van der Waals surface area contributed by atoms with E-state index in [0.29, 0.717) is 19.5 Å². The van der Waals surface area contributed by atoms with Crippen LogP contribution in [-0.4, -0.2) is 21.7 Å². The van der Waals surface area contributed by atoms with Gasteiger partial charge in [0, 0.05) is 31.9 Å². The lowest BCUT2D eigenvalue weighted by Gasteiger charge is -2.31. The number of nitrogens with one attached hydrogen (secondary N) is 1. The number of benzene rings is 2. The summed E-state index contributed by atoms with van der Waals surface area (Å²) in [7, 11) is 0.